The molecule has 2 aromatic carbocycles. The first-order chi connectivity index (χ1) is 18.0. The number of hydrogen-bond acceptors (Lipinski definition) is 7. The van der Waals surface area contributed by atoms with Crippen molar-refractivity contribution in [2.45, 2.75) is 43.9 Å². The summed E-state index contributed by atoms with van der Waals surface area (Å²) in [6.07, 6.45) is 2.91. The SMILES string of the molecule is NC(=O)[C@@H]1CCCN1c1nc(-c2ccccc2)nc2nc(CN3CCC(O)(c4ccccc4)CC3)[nH]c12. The predicted molar refractivity (Wildman–Crippen MR) is 142 cm³/mol. The van der Waals surface area contributed by atoms with Crippen LogP contribution in [0.5, 0.6) is 0 Å². The summed E-state index contributed by atoms with van der Waals surface area (Å²) >= 11 is 0. The lowest BCUT2D eigenvalue weighted by Crippen LogP contribution is -2.42. The fraction of sp³-hybridized carbons (Fsp3) is 0.357. The van der Waals surface area contributed by atoms with Crippen LogP contribution in [0.2, 0.25) is 0 Å². The summed E-state index contributed by atoms with van der Waals surface area (Å²) in [5, 5.41) is 11.2. The van der Waals surface area contributed by atoms with E-state index in [1.165, 1.54) is 0 Å². The number of aromatic amines is 1. The lowest BCUT2D eigenvalue weighted by Gasteiger charge is -2.38. The van der Waals surface area contributed by atoms with Gasteiger partial charge >= 0.3 is 0 Å². The number of anilines is 1. The summed E-state index contributed by atoms with van der Waals surface area (Å²) in [5.41, 5.74) is 8.10. The summed E-state index contributed by atoms with van der Waals surface area (Å²) < 4.78 is 0. The molecule has 0 aliphatic carbocycles. The Morgan fingerprint density at radius 1 is 1.00 bits per heavy atom. The monoisotopic (exact) mass is 497 g/mol. The summed E-state index contributed by atoms with van der Waals surface area (Å²) in [4.78, 5) is 34.4. The number of rotatable bonds is 6. The zero-order valence-electron chi connectivity index (χ0n) is 20.7. The average Bonchev–Trinajstić information content (AvgIpc) is 3.58. The number of fused-ring (bicyclic) bond motifs is 1. The molecule has 190 valence electrons. The van der Waals surface area contributed by atoms with E-state index in [0.29, 0.717) is 49.6 Å². The van der Waals surface area contributed by atoms with Crippen molar-refractivity contribution < 1.29 is 9.90 Å². The molecule has 0 unspecified atom stereocenters. The van der Waals surface area contributed by atoms with Gasteiger partial charge in [-0.25, -0.2) is 15.0 Å². The molecule has 6 rings (SSSR count). The van der Waals surface area contributed by atoms with Gasteiger partial charge in [0.05, 0.1) is 12.1 Å². The number of piperidine rings is 1. The summed E-state index contributed by atoms with van der Waals surface area (Å²) in [5.74, 6) is 1.68. The third-order valence-electron chi connectivity index (χ3n) is 7.63. The molecule has 4 N–H and O–H groups in total. The van der Waals surface area contributed by atoms with Crippen molar-refractivity contribution in [3.05, 3.63) is 72.1 Å². The number of H-pyrrole nitrogens is 1. The number of hydrogen-bond donors (Lipinski definition) is 3. The number of imidazole rings is 1. The van der Waals surface area contributed by atoms with Crippen LogP contribution in [0.15, 0.2) is 60.7 Å². The van der Waals surface area contributed by atoms with Crippen molar-refractivity contribution in [3.63, 3.8) is 0 Å². The lowest BCUT2D eigenvalue weighted by atomic mass is 9.84. The van der Waals surface area contributed by atoms with Gasteiger partial charge in [-0.3, -0.25) is 9.69 Å². The van der Waals surface area contributed by atoms with Gasteiger partial charge in [0, 0.05) is 25.2 Å². The predicted octanol–water partition coefficient (Wildman–Crippen LogP) is 2.96. The molecule has 2 aromatic heterocycles. The number of primary amides is 1. The molecule has 1 atom stereocenters. The van der Waals surface area contributed by atoms with Crippen LogP contribution in [-0.2, 0) is 16.9 Å². The molecule has 0 saturated carbocycles. The fourth-order valence-electron chi connectivity index (χ4n) is 5.58. The minimum absolute atomic E-state index is 0.343. The number of likely N-dealkylation sites (tertiary alicyclic amines) is 1. The third kappa shape index (κ3) is 4.56. The van der Waals surface area contributed by atoms with Crippen molar-refractivity contribution >= 4 is 22.9 Å². The molecule has 4 heterocycles. The summed E-state index contributed by atoms with van der Waals surface area (Å²) in [6, 6.07) is 19.3. The van der Waals surface area contributed by atoms with Crippen LogP contribution >= 0.6 is 0 Å². The molecule has 9 nitrogen and oxygen atoms in total. The maximum atomic E-state index is 12.2. The quantitative estimate of drug-likeness (QED) is 0.374. The second kappa shape index (κ2) is 9.57. The van der Waals surface area contributed by atoms with Gasteiger partial charge in [0.1, 0.15) is 17.4 Å². The molecule has 37 heavy (non-hydrogen) atoms. The average molecular weight is 498 g/mol. The van der Waals surface area contributed by atoms with E-state index < -0.39 is 11.6 Å². The Bertz CT molecular complexity index is 1400. The lowest BCUT2D eigenvalue weighted by molar-refractivity contribution is -0.119. The Labute approximate surface area is 215 Å². The van der Waals surface area contributed by atoms with Crippen LogP contribution in [0.25, 0.3) is 22.6 Å². The Hall–Kier alpha value is -3.82. The van der Waals surface area contributed by atoms with Crippen LogP contribution in [0, 0.1) is 0 Å². The number of amides is 1. The van der Waals surface area contributed by atoms with E-state index in [1.807, 2.05) is 65.6 Å². The van der Waals surface area contributed by atoms with E-state index in [9.17, 15) is 9.90 Å². The highest BCUT2D eigenvalue weighted by Gasteiger charge is 2.35. The normalized spacial score (nSPS) is 19.9. The van der Waals surface area contributed by atoms with E-state index in [1.54, 1.807) is 0 Å². The van der Waals surface area contributed by atoms with Gasteiger partial charge in [0.15, 0.2) is 17.3 Å². The number of carbonyl (C=O) groups is 1. The molecule has 0 spiro atoms. The second-order valence-corrected chi connectivity index (χ2v) is 10.0. The van der Waals surface area contributed by atoms with Crippen LogP contribution in [0.1, 0.15) is 37.1 Å². The van der Waals surface area contributed by atoms with Crippen molar-refractivity contribution in [1.29, 1.82) is 0 Å². The standard InChI is InChI=1S/C28H31N7O2/c29-24(36)21-12-7-15-35(21)27-23-26(32-25(33-27)19-8-3-1-4-9-19)31-22(30-23)18-34-16-13-28(37,14-17-34)20-10-5-2-6-11-20/h1-6,8-11,21,37H,7,12-18H2,(H2,29,36)(H,30,31,32,33)/t21-/m0/s1. The second-order valence-electron chi connectivity index (χ2n) is 10.0. The number of aliphatic hydroxyl groups is 1. The van der Waals surface area contributed by atoms with E-state index in [0.717, 1.165) is 42.0 Å². The molecule has 2 fully saturated rings. The van der Waals surface area contributed by atoms with Crippen molar-refractivity contribution in [2.24, 2.45) is 5.73 Å². The third-order valence-corrected chi connectivity index (χ3v) is 7.63. The van der Waals surface area contributed by atoms with Crippen LogP contribution in [-0.4, -0.2) is 61.5 Å². The highest BCUT2D eigenvalue weighted by molar-refractivity contribution is 5.90. The number of nitrogens with two attached hydrogens (primary N) is 1. The first-order valence-corrected chi connectivity index (χ1v) is 12.9. The van der Waals surface area contributed by atoms with E-state index in [-0.39, 0.29) is 5.91 Å². The van der Waals surface area contributed by atoms with E-state index >= 15 is 0 Å². The van der Waals surface area contributed by atoms with Gasteiger partial charge in [-0.05, 0) is 31.2 Å². The van der Waals surface area contributed by atoms with E-state index in [4.69, 9.17) is 20.7 Å². The molecular weight excluding hydrogens is 466 g/mol. The highest BCUT2D eigenvalue weighted by Crippen LogP contribution is 2.34. The number of nitrogens with zero attached hydrogens (tertiary/aromatic N) is 5. The zero-order valence-corrected chi connectivity index (χ0v) is 20.7. The maximum absolute atomic E-state index is 12.2. The molecular formula is C28H31N7O2. The number of benzene rings is 2. The minimum Gasteiger partial charge on any atom is -0.385 e. The molecule has 1 amide bonds. The molecule has 2 saturated heterocycles. The van der Waals surface area contributed by atoms with Crippen LogP contribution < -0.4 is 10.6 Å². The molecule has 0 bridgehead atoms. The molecule has 2 aliphatic rings. The molecule has 0 radical (unpaired) electrons. The van der Waals surface area contributed by atoms with E-state index in [2.05, 4.69) is 9.88 Å². The minimum atomic E-state index is -0.797. The number of carbonyl (C=O) groups excluding carboxylic acids is 1. The van der Waals surface area contributed by atoms with Gasteiger partial charge in [0.2, 0.25) is 5.91 Å². The smallest absolute Gasteiger partial charge is 0.240 e. The maximum Gasteiger partial charge on any atom is 0.240 e. The number of aromatic nitrogens is 4. The molecule has 4 aromatic rings. The Kier molecular flexibility index (Phi) is 6.10. The highest BCUT2D eigenvalue weighted by atomic mass is 16.3. The fourth-order valence-corrected chi connectivity index (χ4v) is 5.58. The Balaban J connectivity index is 1.29. The summed E-state index contributed by atoms with van der Waals surface area (Å²) in [6.45, 7) is 2.82. The number of nitrogens with one attached hydrogen (secondary N) is 1. The summed E-state index contributed by atoms with van der Waals surface area (Å²) in [7, 11) is 0. The Morgan fingerprint density at radius 2 is 1.70 bits per heavy atom. The van der Waals surface area contributed by atoms with Gasteiger partial charge in [0.25, 0.3) is 0 Å². The Morgan fingerprint density at radius 3 is 2.41 bits per heavy atom. The van der Waals surface area contributed by atoms with Crippen molar-refractivity contribution in [2.75, 3.05) is 24.5 Å². The largest absolute Gasteiger partial charge is 0.385 e. The van der Waals surface area contributed by atoms with Gasteiger partial charge in [-0.1, -0.05) is 60.7 Å². The topological polar surface area (TPSA) is 124 Å². The van der Waals surface area contributed by atoms with Gasteiger partial charge in [-0.2, -0.15) is 0 Å². The van der Waals surface area contributed by atoms with Crippen molar-refractivity contribution in [1.82, 2.24) is 24.8 Å². The zero-order chi connectivity index (χ0) is 25.4. The first-order valence-electron chi connectivity index (χ1n) is 12.9. The molecule has 9 heteroatoms. The van der Waals surface area contributed by atoms with Crippen molar-refractivity contribution in [3.8, 4) is 11.4 Å². The van der Waals surface area contributed by atoms with Gasteiger partial charge in [-0.15, -0.1) is 0 Å². The first kappa shape index (κ1) is 23.6. The molecule has 2 aliphatic heterocycles. The van der Waals surface area contributed by atoms with Crippen LogP contribution in [0.4, 0.5) is 5.82 Å². The van der Waals surface area contributed by atoms with Gasteiger partial charge < -0.3 is 20.7 Å². The van der Waals surface area contributed by atoms with Crippen LogP contribution in [0.3, 0.4) is 0 Å².